The van der Waals surface area contributed by atoms with Crippen molar-refractivity contribution in [2.45, 2.75) is 30.5 Å². The van der Waals surface area contributed by atoms with Gasteiger partial charge in [-0.1, -0.05) is 30.4 Å². The molecule has 0 saturated heterocycles. The summed E-state index contributed by atoms with van der Waals surface area (Å²) in [5.41, 5.74) is 0.927. The summed E-state index contributed by atoms with van der Waals surface area (Å²) in [6.45, 7) is 1.90. The molecule has 0 bridgehead atoms. The van der Waals surface area contributed by atoms with Gasteiger partial charge >= 0.3 is 0 Å². The number of aryl methyl sites for hydroxylation is 1. The summed E-state index contributed by atoms with van der Waals surface area (Å²) in [6, 6.07) is 6.06. The third-order valence-electron chi connectivity index (χ3n) is 3.05. The Morgan fingerprint density at radius 1 is 1.25 bits per heavy atom. The summed E-state index contributed by atoms with van der Waals surface area (Å²) < 4.78 is 39.2. The van der Waals surface area contributed by atoms with Gasteiger partial charge in [0, 0.05) is 13.0 Å². The maximum Gasteiger partial charge on any atom is 0.269 e. The van der Waals surface area contributed by atoms with E-state index in [4.69, 9.17) is 0 Å². The summed E-state index contributed by atoms with van der Waals surface area (Å²) in [5.74, 6) is -0.566. The van der Waals surface area contributed by atoms with Crippen LogP contribution in [-0.2, 0) is 21.2 Å². The highest BCUT2D eigenvalue weighted by Crippen LogP contribution is 2.19. The SMILES string of the molecule is CCC(=O)Nc1nnc(S(=O)(=O)NCCCc2ccc(F)cc2)s1. The zero-order valence-electron chi connectivity index (χ0n) is 13.0. The number of carbonyl (C=O) groups excluding carboxylic acids is 1. The van der Waals surface area contributed by atoms with Crippen molar-refractivity contribution in [3.05, 3.63) is 35.6 Å². The Bertz CT molecular complexity index is 791. The highest BCUT2D eigenvalue weighted by Gasteiger charge is 2.20. The molecule has 1 aromatic carbocycles. The van der Waals surface area contributed by atoms with Crippen LogP contribution in [0, 0.1) is 5.82 Å². The van der Waals surface area contributed by atoms with E-state index in [1.807, 2.05) is 0 Å². The van der Waals surface area contributed by atoms with Gasteiger partial charge in [-0.05, 0) is 30.5 Å². The van der Waals surface area contributed by atoms with Crippen molar-refractivity contribution in [2.75, 3.05) is 11.9 Å². The van der Waals surface area contributed by atoms with E-state index >= 15 is 0 Å². The van der Waals surface area contributed by atoms with E-state index < -0.39 is 10.0 Å². The standard InChI is InChI=1S/C14H17FN4O3S2/c1-2-12(20)17-13-18-19-14(23-13)24(21,22)16-9-3-4-10-5-7-11(15)8-6-10/h5-8,16H,2-4,9H2,1H3,(H,17,18,20). The number of anilines is 1. The Labute approximate surface area is 143 Å². The highest BCUT2D eigenvalue weighted by molar-refractivity contribution is 7.91. The number of rotatable bonds is 8. The molecule has 130 valence electrons. The van der Waals surface area contributed by atoms with Crippen LogP contribution in [0.25, 0.3) is 0 Å². The molecular formula is C14H17FN4O3S2. The molecule has 0 spiro atoms. The predicted octanol–water partition coefficient (Wildman–Crippen LogP) is 1.94. The van der Waals surface area contributed by atoms with Crippen LogP contribution in [0.5, 0.6) is 0 Å². The monoisotopic (exact) mass is 372 g/mol. The number of nitrogens with one attached hydrogen (secondary N) is 2. The molecule has 0 radical (unpaired) electrons. The van der Waals surface area contributed by atoms with Gasteiger partial charge in [0.15, 0.2) is 0 Å². The second-order valence-electron chi connectivity index (χ2n) is 4.90. The van der Waals surface area contributed by atoms with Gasteiger partial charge in [0.25, 0.3) is 10.0 Å². The number of amides is 1. The number of hydrogen-bond donors (Lipinski definition) is 2. The van der Waals surface area contributed by atoms with E-state index in [0.717, 1.165) is 16.9 Å². The molecule has 0 aliphatic heterocycles. The van der Waals surface area contributed by atoms with Crippen molar-refractivity contribution in [3.8, 4) is 0 Å². The Kier molecular flexibility index (Phi) is 6.35. The molecule has 1 amide bonds. The molecule has 1 heterocycles. The summed E-state index contributed by atoms with van der Waals surface area (Å²) in [4.78, 5) is 11.2. The van der Waals surface area contributed by atoms with Crippen LogP contribution < -0.4 is 10.0 Å². The molecule has 0 atom stereocenters. The van der Waals surface area contributed by atoms with Crippen molar-refractivity contribution in [2.24, 2.45) is 0 Å². The second-order valence-corrected chi connectivity index (χ2v) is 7.82. The van der Waals surface area contributed by atoms with Crippen LogP contribution in [0.2, 0.25) is 0 Å². The lowest BCUT2D eigenvalue weighted by atomic mass is 10.1. The molecule has 24 heavy (non-hydrogen) atoms. The van der Waals surface area contributed by atoms with Gasteiger partial charge in [0.1, 0.15) is 5.82 Å². The molecule has 0 fully saturated rings. The first kappa shape index (κ1) is 18.4. The minimum Gasteiger partial charge on any atom is -0.301 e. The molecular weight excluding hydrogens is 355 g/mol. The van der Waals surface area contributed by atoms with Gasteiger partial charge in [0.05, 0.1) is 0 Å². The van der Waals surface area contributed by atoms with Crippen LogP contribution in [0.15, 0.2) is 28.6 Å². The number of carbonyl (C=O) groups is 1. The van der Waals surface area contributed by atoms with Crippen LogP contribution in [-0.4, -0.2) is 31.1 Å². The third kappa shape index (κ3) is 5.32. The van der Waals surface area contributed by atoms with Crippen molar-refractivity contribution >= 4 is 32.4 Å². The number of nitrogens with zero attached hydrogens (tertiary/aromatic N) is 2. The van der Waals surface area contributed by atoms with Crippen molar-refractivity contribution in [1.82, 2.24) is 14.9 Å². The fraction of sp³-hybridized carbons (Fsp3) is 0.357. The quantitative estimate of drug-likeness (QED) is 0.545. The third-order valence-corrected chi connectivity index (χ3v) is 5.72. The van der Waals surface area contributed by atoms with Crippen LogP contribution in [0.4, 0.5) is 9.52 Å². The fourth-order valence-electron chi connectivity index (χ4n) is 1.79. The first-order valence-corrected chi connectivity index (χ1v) is 9.58. The van der Waals surface area contributed by atoms with Gasteiger partial charge in [0.2, 0.25) is 15.4 Å². The van der Waals surface area contributed by atoms with Gasteiger partial charge in [-0.25, -0.2) is 17.5 Å². The lowest BCUT2D eigenvalue weighted by Gasteiger charge is -2.04. The Hall–Kier alpha value is -1.91. The number of aromatic nitrogens is 2. The molecule has 2 rings (SSSR count). The largest absolute Gasteiger partial charge is 0.301 e. The Morgan fingerprint density at radius 2 is 1.96 bits per heavy atom. The van der Waals surface area contributed by atoms with Gasteiger partial charge < -0.3 is 5.32 Å². The topological polar surface area (TPSA) is 101 Å². The zero-order valence-corrected chi connectivity index (χ0v) is 14.6. The average molecular weight is 372 g/mol. The minimum absolute atomic E-state index is 0.147. The maximum atomic E-state index is 12.8. The summed E-state index contributed by atoms with van der Waals surface area (Å²) >= 11 is 0.793. The first-order chi connectivity index (χ1) is 11.4. The van der Waals surface area contributed by atoms with Crippen molar-refractivity contribution < 1.29 is 17.6 Å². The van der Waals surface area contributed by atoms with E-state index in [1.54, 1.807) is 19.1 Å². The van der Waals surface area contributed by atoms with Crippen molar-refractivity contribution in [3.63, 3.8) is 0 Å². The molecule has 2 aromatic rings. The van der Waals surface area contributed by atoms with Crippen molar-refractivity contribution in [1.29, 1.82) is 0 Å². The van der Waals surface area contributed by atoms with E-state index in [0.29, 0.717) is 12.8 Å². The molecule has 2 N–H and O–H groups in total. The molecule has 0 unspecified atom stereocenters. The summed E-state index contributed by atoms with van der Waals surface area (Å²) in [6.07, 6.45) is 1.45. The van der Waals surface area contributed by atoms with Crippen LogP contribution >= 0.6 is 11.3 Å². The zero-order chi connectivity index (χ0) is 17.6. The minimum atomic E-state index is -3.76. The second kappa shape index (κ2) is 8.27. The lowest BCUT2D eigenvalue weighted by Crippen LogP contribution is -2.25. The van der Waals surface area contributed by atoms with Gasteiger partial charge in [-0.15, -0.1) is 10.2 Å². The number of hydrogen-bond acceptors (Lipinski definition) is 6. The van der Waals surface area contributed by atoms with Crippen LogP contribution in [0.3, 0.4) is 0 Å². The van der Waals surface area contributed by atoms with E-state index in [-0.39, 0.29) is 34.2 Å². The Morgan fingerprint density at radius 3 is 2.62 bits per heavy atom. The number of benzene rings is 1. The molecule has 0 saturated carbocycles. The molecule has 7 nitrogen and oxygen atoms in total. The highest BCUT2D eigenvalue weighted by atomic mass is 32.2. The smallest absolute Gasteiger partial charge is 0.269 e. The normalized spacial score (nSPS) is 11.4. The summed E-state index contributed by atoms with van der Waals surface area (Å²) in [7, 11) is -3.76. The maximum absolute atomic E-state index is 12.8. The predicted molar refractivity (Wildman–Crippen MR) is 88.7 cm³/mol. The first-order valence-electron chi connectivity index (χ1n) is 7.28. The molecule has 0 aliphatic carbocycles. The van der Waals surface area contributed by atoms with E-state index in [9.17, 15) is 17.6 Å². The molecule has 1 aromatic heterocycles. The fourth-order valence-corrected chi connectivity index (χ4v) is 3.82. The van der Waals surface area contributed by atoms with E-state index in [1.165, 1.54) is 12.1 Å². The van der Waals surface area contributed by atoms with Gasteiger partial charge in [-0.3, -0.25) is 4.79 Å². The van der Waals surface area contributed by atoms with E-state index in [2.05, 4.69) is 20.2 Å². The van der Waals surface area contributed by atoms with Gasteiger partial charge in [-0.2, -0.15) is 0 Å². The Balaban J connectivity index is 1.84. The average Bonchev–Trinajstić information content (AvgIpc) is 3.02. The number of halogens is 1. The van der Waals surface area contributed by atoms with Crippen LogP contribution in [0.1, 0.15) is 25.3 Å². The lowest BCUT2D eigenvalue weighted by molar-refractivity contribution is -0.115. The molecule has 10 heteroatoms. The molecule has 0 aliphatic rings. The summed E-state index contributed by atoms with van der Waals surface area (Å²) in [5, 5.41) is 9.83. The number of sulfonamides is 1.